The summed E-state index contributed by atoms with van der Waals surface area (Å²) in [5.74, 6) is 0.911. The minimum Gasteiger partial charge on any atom is -0.497 e. The van der Waals surface area contributed by atoms with E-state index >= 15 is 0 Å². The molecule has 114 valence electrons. The number of likely N-dealkylation sites (N-methyl/N-ethyl adjacent to an activating group) is 1. The Kier molecular flexibility index (Phi) is 2.95. The van der Waals surface area contributed by atoms with Crippen molar-refractivity contribution in [2.75, 3.05) is 20.7 Å². The van der Waals surface area contributed by atoms with E-state index in [0.29, 0.717) is 6.04 Å². The van der Waals surface area contributed by atoms with Gasteiger partial charge in [0, 0.05) is 34.4 Å². The lowest BCUT2D eigenvalue weighted by Gasteiger charge is -2.33. The topological polar surface area (TPSA) is 28.3 Å². The molecular formula is C19H22N2O. The Hall–Kier alpha value is -2.00. The van der Waals surface area contributed by atoms with E-state index in [2.05, 4.69) is 49.0 Å². The molecule has 1 N–H and O–H groups in total. The fraction of sp³-hybridized carbons (Fsp3) is 0.368. The molecule has 2 aromatic carbocycles. The maximum absolute atomic E-state index is 5.40. The van der Waals surface area contributed by atoms with E-state index in [4.69, 9.17) is 4.74 Å². The van der Waals surface area contributed by atoms with Gasteiger partial charge in [0.15, 0.2) is 0 Å². The Morgan fingerprint density at radius 2 is 2.05 bits per heavy atom. The number of ether oxygens (including phenoxy) is 1. The molecular weight excluding hydrogens is 272 g/mol. The monoisotopic (exact) mass is 294 g/mol. The molecule has 0 saturated heterocycles. The molecule has 3 heteroatoms. The van der Waals surface area contributed by atoms with Crippen LogP contribution in [-0.2, 0) is 6.42 Å². The Morgan fingerprint density at radius 3 is 2.82 bits per heavy atom. The summed E-state index contributed by atoms with van der Waals surface area (Å²) >= 11 is 0. The van der Waals surface area contributed by atoms with E-state index < -0.39 is 0 Å². The maximum atomic E-state index is 5.40. The third kappa shape index (κ3) is 1.78. The number of rotatable bonds is 1. The summed E-state index contributed by atoms with van der Waals surface area (Å²) in [4.78, 5) is 6.04. The van der Waals surface area contributed by atoms with Gasteiger partial charge in [-0.05, 0) is 68.3 Å². The van der Waals surface area contributed by atoms with Crippen LogP contribution < -0.4 is 4.74 Å². The van der Waals surface area contributed by atoms with Crippen LogP contribution in [0.2, 0.25) is 0 Å². The van der Waals surface area contributed by atoms with Gasteiger partial charge in [-0.1, -0.05) is 0 Å². The normalized spacial score (nSPS) is 18.8. The number of benzene rings is 2. The smallest absolute Gasteiger partial charge is 0.119 e. The standard InChI is InChI=1S/C19H22N2O/c1-11-14-7-8-21(3)12(2)15(14)10-17-16-9-13(22-4)5-6-18(16)20-19(11)17/h5-6,9-10,12,20H,7-8H2,1-4H3/t12-/m1/s1. The second kappa shape index (κ2) is 4.75. The summed E-state index contributed by atoms with van der Waals surface area (Å²) in [7, 11) is 3.94. The third-order valence-electron chi connectivity index (χ3n) is 5.35. The average Bonchev–Trinajstić information content (AvgIpc) is 2.90. The zero-order valence-electron chi connectivity index (χ0n) is 13.7. The van der Waals surface area contributed by atoms with Crippen molar-refractivity contribution in [1.82, 2.24) is 9.88 Å². The van der Waals surface area contributed by atoms with Crippen LogP contribution in [0.5, 0.6) is 5.75 Å². The quantitative estimate of drug-likeness (QED) is 0.729. The Morgan fingerprint density at radius 1 is 1.23 bits per heavy atom. The zero-order chi connectivity index (χ0) is 15.4. The van der Waals surface area contributed by atoms with Crippen molar-refractivity contribution in [3.63, 3.8) is 0 Å². The predicted molar refractivity (Wildman–Crippen MR) is 91.8 cm³/mol. The number of aromatic amines is 1. The Bertz CT molecular complexity index is 878. The molecule has 3 aromatic rings. The van der Waals surface area contributed by atoms with Gasteiger partial charge in [-0.3, -0.25) is 4.90 Å². The van der Waals surface area contributed by atoms with Gasteiger partial charge in [-0.15, -0.1) is 0 Å². The fourth-order valence-corrected chi connectivity index (χ4v) is 3.80. The molecule has 22 heavy (non-hydrogen) atoms. The summed E-state index contributed by atoms with van der Waals surface area (Å²) < 4.78 is 5.40. The first-order valence-electron chi connectivity index (χ1n) is 7.92. The van der Waals surface area contributed by atoms with Crippen LogP contribution in [0.1, 0.15) is 29.7 Å². The van der Waals surface area contributed by atoms with Crippen LogP contribution >= 0.6 is 0 Å². The fourth-order valence-electron chi connectivity index (χ4n) is 3.80. The van der Waals surface area contributed by atoms with Crippen LogP contribution in [0.15, 0.2) is 24.3 Å². The van der Waals surface area contributed by atoms with E-state index in [1.807, 2.05) is 6.07 Å². The number of methoxy groups -OCH3 is 1. The number of H-pyrrole nitrogens is 1. The van der Waals surface area contributed by atoms with Gasteiger partial charge in [-0.2, -0.15) is 0 Å². The molecule has 4 rings (SSSR count). The molecule has 1 aliphatic rings. The van der Waals surface area contributed by atoms with Gasteiger partial charge in [0.25, 0.3) is 0 Å². The van der Waals surface area contributed by atoms with Gasteiger partial charge >= 0.3 is 0 Å². The van der Waals surface area contributed by atoms with E-state index in [1.54, 1.807) is 7.11 Å². The highest BCUT2D eigenvalue weighted by atomic mass is 16.5. The highest BCUT2D eigenvalue weighted by Crippen LogP contribution is 2.38. The molecule has 3 nitrogen and oxygen atoms in total. The van der Waals surface area contributed by atoms with Crippen LogP contribution in [0.4, 0.5) is 0 Å². The summed E-state index contributed by atoms with van der Waals surface area (Å²) in [5.41, 5.74) is 6.86. The number of aromatic nitrogens is 1. The molecule has 1 aliphatic heterocycles. The van der Waals surface area contributed by atoms with E-state index in [1.165, 1.54) is 38.5 Å². The minimum absolute atomic E-state index is 0.474. The first-order valence-corrected chi connectivity index (χ1v) is 7.92. The van der Waals surface area contributed by atoms with Crippen LogP contribution in [0, 0.1) is 6.92 Å². The summed E-state index contributed by atoms with van der Waals surface area (Å²) in [6.07, 6.45) is 1.14. The van der Waals surface area contributed by atoms with Crippen molar-refractivity contribution >= 4 is 21.8 Å². The van der Waals surface area contributed by atoms with Crippen LogP contribution in [0.25, 0.3) is 21.8 Å². The Balaban J connectivity index is 2.08. The number of nitrogens with zero attached hydrogens (tertiary/aromatic N) is 1. The number of hydrogen-bond donors (Lipinski definition) is 1. The predicted octanol–water partition coefficient (Wildman–Crippen LogP) is 4.19. The summed E-state index contributed by atoms with van der Waals surface area (Å²) in [6.45, 7) is 5.69. The summed E-state index contributed by atoms with van der Waals surface area (Å²) in [5, 5.41) is 2.56. The highest BCUT2D eigenvalue weighted by Gasteiger charge is 2.24. The second-order valence-corrected chi connectivity index (χ2v) is 6.44. The lowest BCUT2D eigenvalue weighted by atomic mass is 9.88. The molecule has 0 saturated carbocycles. The Labute approximate surface area is 130 Å². The van der Waals surface area contributed by atoms with Crippen LogP contribution in [-0.4, -0.2) is 30.6 Å². The van der Waals surface area contributed by atoms with E-state index in [0.717, 1.165) is 18.7 Å². The largest absolute Gasteiger partial charge is 0.497 e. The molecule has 0 spiro atoms. The van der Waals surface area contributed by atoms with Crippen molar-refractivity contribution in [1.29, 1.82) is 0 Å². The molecule has 0 unspecified atom stereocenters. The third-order valence-corrected chi connectivity index (χ3v) is 5.35. The average molecular weight is 294 g/mol. The van der Waals surface area contributed by atoms with E-state index in [9.17, 15) is 0 Å². The zero-order valence-corrected chi connectivity index (χ0v) is 13.7. The van der Waals surface area contributed by atoms with Crippen molar-refractivity contribution in [2.45, 2.75) is 26.3 Å². The number of nitrogens with one attached hydrogen (secondary N) is 1. The lowest BCUT2D eigenvalue weighted by molar-refractivity contribution is 0.247. The number of fused-ring (bicyclic) bond motifs is 4. The summed E-state index contributed by atoms with van der Waals surface area (Å²) in [6, 6.07) is 9.13. The first-order chi connectivity index (χ1) is 10.6. The van der Waals surface area contributed by atoms with Gasteiger partial charge in [0.05, 0.1) is 7.11 Å². The van der Waals surface area contributed by atoms with Gasteiger partial charge in [0.1, 0.15) is 5.75 Å². The van der Waals surface area contributed by atoms with E-state index in [-0.39, 0.29) is 0 Å². The lowest BCUT2D eigenvalue weighted by Crippen LogP contribution is -2.30. The SMILES string of the molecule is COc1ccc2[nH]c3c(C)c4c(cc3c2c1)[C@@H](C)N(C)CC4. The van der Waals surface area contributed by atoms with Crippen molar-refractivity contribution in [3.05, 3.63) is 41.0 Å². The van der Waals surface area contributed by atoms with Crippen LogP contribution in [0.3, 0.4) is 0 Å². The van der Waals surface area contributed by atoms with Crippen molar-refractivity contribution < 1.29 is 4.74 Å². The molecule has 0 amide bonds. The molecule has 0 aliphatic carbocycles. The number of aryl methyl sites for hydroxylation is 1. The maximum Gasteiger partial charge on any atom is 0.119 e. The van der Waals surface area contributed by atoms with Crippen molar-refractivity contribution in [3.8, 4) is 5.75 Å². The first kappa shape index (κ1) is 13.6. The highest BCUT2D eigenvalue weighted by molar-refractivity contribution is 6.09. The number of hydrogen-bond acceptors (Lipinski definition) is 2. The van der Waals surface area contributed by atoms with Gasteiger partial charge < -0.3 is 9.72 Å². The molecule has 0 fully saturated rings. The minimum atomic E-state index is 0.474. The molecule has 1 aromatic heterocycles. The molecule has 2 heterocycles. The molecule has 1 atom stereocenters. The molecule has 0 radical (unpaired) electrons. The van der Waals surface area contributed by atoms with Crippen molar-refractivity contribution in [2.24, 2.45) is 0 Å². The molecule has 0 bridgehead atoms. The van der Waals surface area contributed by atoms with Gasteiger partial charge in [-0.25, -0.2) is 0 Å². The second-order valence-electron chi connectivity index (χ2n) is 6.44. The van der Waals surface area contributed by atoms with Gasteiger partial charge in [0.2, 0.25) is 0 Å².